The molecule has 3 heteroatoms. The van der Waals surface area contributed by atoms with Crippen LogP contribution in [0, 0.1) is 13.8 Å². The van der Waals surface area contributed by atoms with Crippen molar-refractivity contribution < 1.29 is 9.90 Å². The van der Waals surface area contributed by atoms with Crippen molar-refractivity contribution in [3.63, 3.8) is 0 Å². The third kappa shape index (κ3) is 1.87. The van der Waals surface area contributed by atoms with E-state index >= 15 is 0 Å². The van der Waals surface area contributed by atoms with Crippen LogP contribution in [-0.2, 0) is 11.8 Å². The third-order valence-corrected chi connectivity index (χ3v) is 2.52. The molecule has 0 spiro atoms. The molecule has 0 aromatic carbocycles. The van der Waals surface area contributed by atoms with Gasteiger partial charge < -0.3 is 9.67 Å². The highest BCUT2D eigenvalue weighted by Crippen LogP contribution is 2.16. The summed E-state index contributed by atoms with van der Waals surface area (Å²) in [7, 11) is 1.97. The highest BCUT2D eigenvalue weighted by Gasteiger charge is 2.06. The van der Waals surface area contributed by atoms with Gasteiger partial charge in [0.1, 0.15) is 0 Å². The second-order valence-electron chi connectivity index (χ2n) is 3.52. The monoisotopic (exact) mass is 193 g/mol. The van der Waals surface area contributed by atoms with E-state index in [9.17, 15) is 4.79 Å². The Bertz CT molecular complexity index is 400. The van der Waals surface area contributed by atoms with E-state index in [1.807, 2.05) is 31.5 Å². The van der Waals surface area contributed by atoms with Crippen LogP contribution in [0.3, 0.4) is 0 Å². The summed E-state index contributed by atoms with van der Waals surface area (Å²) in [5, 5.41) is 8.74. The maximum Gasteiger partial charge on any atom is 0.331 e. The molecule has 1 rings (SSSR count). The number of carboxylic acid groups (broad SMARTS) is 1. The van der Waals surface area contributed by atoms with Gasteiger partial charge in [-0.25, -0.2) is 4.79 Å². The lowest BCUT2D eigenvalue weighted by molar-refractivity contribution is -0.132. The second-order valence-corrected chi connectivity index (χ2v) is 3.52. The largest absolute Gasteiger partial charge is 0.478 e. The Morgan fingerprint density at radius 3 is 2.43 bits per heavy atom. The first kappa shape index (κ1) is 10.6. The molecule has 0 unspecified atom stereocenters. The van der Waals surface area contributed by atoms with Crippen LogP contribution in [-0.4, -0.2) is 15.6 Å². The number of nitrogens with zero attached hydrogens (tertiary/aromatic N) is 1. The number of hydrogen-bond donors (Lipinski definition) is 1. The summed E-state index contributed by atoms with van der Waals surface area (Å²) in [5.74, 6) is -0.870. The minimum Gasteiger partial charge on any atom is -0.478 e. The van der Waals surface area contributed by atoms with Crippen molar-refractivity contribution in [1.82, 2.24) is 4.57 Å². The quantitative estimate of drug-likeness (QED) is 0.731. The van der Waals surface area contributed by atoms with Crippen LogP contribution in [0.15, 0.2) is 11.6 Å². The molecular weight excluding hydrogens is 178 g/mol. The molecule has 0 saturated heterocycles. The van der Waals surface area contributed by atoms with Crippen molar-refractivity contribution in [3.05, 3.63) is 28.6 Å². The summed E-state index contributed by atoms with van der Waals surface area (Å²) in [4.78, 5) is 10.6. The van der Waals surface area contributed by atoms with Gasteiger partial charge in [-0.2, -0.15) is 0 Å². The smallest absolute Gasteiger partial charge is 0.331 e. The predicted octanol–water partition coefficient (Wildman–Crippen LogP) is 2.13. The number of carbonyl (C=O) groups is 1. The van der Waals surface area contributed by atoms with E-state index in [0.29, 0.717) is 5.57 Å². The van der Waals surface area contributed by atoms with Gasteiger partial charge in [0.05, 0.1) is 0 Å². The van der Waals surface area contributed by atoms with E-state index in [4.69, 9.17) is 5.11 Å². The summed E-state index contributed by atoms with van der Waals surface area (Å²) in [6, 6.07) is 1.99. The molecule has 1 aromatic heterocycles. The van der Waals surface area contributed by atoms with Crippen LogP contribution in [0.25, 0.3) is 6.08 Å². The van der Waals surface area contributed by atoms with E-state index in [0.717, 1.165) is 17.0 Å². The fraction of sp³-hybridized carbons (Fsp3) is 0.364. The highest BCUT2D eigenvalue weighted by atomic mass is 16.4. The summed E-state index contributed by atoms with van der Waals surface area (Å²) in [6.07, 6.45) is 1.70. The molecule has 1 aromatic rings. The Morgan fingerprint density at radius 1 is 1.50 bits per heavy atom. The molecule has 0 aliphatic carbocycles. The molecule has 14 heavy (non-hydrogen) atoms. The minimum atomic E-state index is -0.870. The van der Waals surface area contributed by atoms with Crippen molar-refractivity contribution in [2.75, 3.05) is 0 Å². The number of hydrogen-bond acceptors (Lipinski definition) is 1. The summed E-state index contributed by atoms with van der Waals surface area (Å²) >= 11 is 0. The average Bonchev–Trinajstić information content (AvgIpc) is 2.33. The van der Waals surface area contributed by atoms with Gasteiger partial charge >= 0.3 is 5.97 Å². The van der Waals surface area contributed by atoms with Gasteiger partial charge in [-0.05, 0) is 38.5 Å². The molecule has 76 valence electrons. The Balaban J connectivity index is 3.16. The molecule has 0 aliphatic heterocycles. The predicted molar refractivity (Wildman–Crippen MR) is 56.2 cm³/mol. The number of aryl methyl sites for hydroxylation is 1. The normalized spacial score (nSPS) is 11.9. The Morgan fingerprint density at radius 2 is 2.07 bits per heavy atom. The topological polar surface area (TPSA) is 42.2 Å². The molecule has 0 amide bonds. The van der Waals surface area contributed by atoms with Crippen LogP contribution in [0.5, 0.6) is 0 Å². The van der Waals surface area contributed by atoms with Crippen LogP contribution >= 0.6 is 0 Å². The van der Waals surface area contributed by atoms with Crippen LogP contribution in [0.4, 0.5) is 0 Å². The SMILES string of the molecule is CC(=Cc1cc(C)n(C)c1C)C(=O)O. The number of rotatable bonds is 2. The minimum absolute atomic E-state index is 0.360. The summed E-state index contributed by atoms with van der Waals surface area (Å²) < 4.78 is 2.04. The third-order valence-electron chi connectivity index (χ3n) is 2.52. The zero-order valence-electron chi connectivity index (χ0n) is 8.96. The van der Waals surface area contributed by atoms with E-state index in [1.54, 1.807) is 13.0 Å². The zero-order valence-corrected chi connectivity index (χ0v) is 8.96. The maximum absolute atomic E-state index is 10.6. The summed E-state index contributed by atoms with van der Waals surface area (Å²) in [6.45, 7) is 5.58. The van der Waals surface area contributed by atoms with Gasteiger partial charge in [-0.15, -0.1) is 0 Å². The number of aromatic nitrogens is 1. The molecule has 0 atom stereocenters. The second kappa shape index (κ2) is 3.70. The highest BCUT2D eigenvalue weighted by molar-refractivity contribution is 5.91. The molecule has 1 N–H and O–H groups in total. The van der Waals surface area contributed by atoms with E-state index in [-0.39, 0.29) is 0 Å². The first-order valence-corrected chi connectivity index (χ1v) is 4.48. The van der Waals surface area contributed by atoms with Crippen LogP contribution < -0.4 is 0 Å². The van der Waals surface area contributed by atoms with Gasteiger partial charge in [-0.3, -0.25) is 0 Å². The Kier molecular flexibility index (Phi) is 2.79. The molecular formula is C11H15NO2. The van der Waals surface area contributed by atoms with E-state index < -0.39 is 5.97 Å². The first-order chi connectivity index (χ1) is 6.43. The lowest BCUT2D eigenvalue weighted by Gasteiger charge is -1.99. The fourth-order valence-electron chi connectivity index (χ4n) is 1.33. The molecule has 0 bridgehead atoms. The first-order valence-electron chi connectivity index (χ1n) is 4.48. The molecule has 3 nitrogen and oxygen atoms in total. The van der Waals surface area contributed by atoms with Gasteiger partial charge in [0.25, 0.3) is 0 Å². The fourth-order valence-corrected chi connectivity index (χ4v) is 1.33. The summed E-state index contributed by atoms with van der Waals surface area (Å²) in [5.41, 5.74) is 3.55. The number of aliphatic carboxylic acids is 1. The Labute approximate surface area is 83.7 Å². The standard InChI is InChI=1S/C11H15NO2/c1-7(11(13)14)5-10-6-8(2)12(4)9(10)3/h5-6H,1-4H3,(H,13,14). The van der Waals surface area contributed by atoms with Crippen molar-refractivity contribution in [2.45, 2.75) is 20.8 Å². The van der Waals surface area contributed by atoms with Crippen molar-refractivity contribution in [3.8, 4) is 0 Å². The van der Waals surface area contributed by atoms with Crippen LogP contribution in [0.2, 0.25) is 0 Å². The van der Waals surface area contributed by atoms with Gasteiger partial charge in [-0.1, -0.05) is 0 Å². The van der Waals surface area contributed by atoms with Crippen molar-refractivity contribution >= 4 is 12.0 Å². The lowest BCUT2D eigenvalue weighted by Crippen LogP contribution is -1.96. The van der Waals surface area contributed by atoms with Crippen molar-refractivity contribution in [1.29, 1.82) is 0 Å². The van der Waals surface area contributed by atoms with Crippen LogP contribution in [0.1, 0.15) is 23.9 Å². The molecule has 0 radical (unpaired) electrons. The molecule has 1 heterocycles. The molecule has 0 saturated carbocycles. The van der Waals surface area contributed by atoms with E-state index in [1.165, 1.54) is 0 Å². The van der Waals surface area contributed by atoms with E-state index in [2.05, 4.69) is 0 Å². The average molecular weight is 193 g/mol. The van der Waals surface area contributed by atoms with Crippen molar-refractivity contribution in [2.24, 2.45) is 7.05 Å². The number of carboxylic acids is 1. The Hall–Kier alpha value is -1.51. The maximum atomic E-state index is 10.6. The zero-order chi connectivity index (χ0) is 10.9. The van der Waals surface area contributed by atoms with Gasteiger partial charge in [0.2, 0.25) is 0 Å². The molecule has 0 fully saturated rings. The van der Waals surface area contributed by atoms with Gasteiger partial charge in [0, 0.05) is 24.0 Å². The molecule has 0 aliphatic rings. The lowest BCUT2D eigenvalue weighted by atomic mass is 10.1. The van der Waals surface area contributed by atoms with Gasteiger partial charge in [0.15, 0.2) is 0 Å².